The molecule has 0 radical (unpaired) electrons. The van der Waals surface area contributed by atoms with Crippen LogP contribution in [0.2, 0.25) is 5.02 Å². The van der Waals surface area contributed by atoms with Crippen molar-refractivity contribution in [2.45, 2.75) is 25.7 Å². The fourth-order valence-corrected chi connectivity index (χ4v) is 3.73. The SMILES string of the molecule is C=CCN(C)CCCCOc1ccc2c(c1)CCCN2C(=O)c1ccc(Cl)cc1. The van der Waals surface area contributed by atoms with Gasteiger partial charge in [0.2, 0.25) is 0 Å². The highest BCUT2D eigenvalue weighted by molar-refractivity contribution is 6.30. The first kappa shape index (κ1) is 21.4. The summed E-state index contributed by atoms with van der Waals surface area (Å²) in [6.07, 6.45) is 5.94. The van der Waals surface area contributed by atoms with Crippen LogP contribution in [0.1, 0.15) is 35.2 Å². The average Bonchev–Trinajstić information content (AvgIpc) is 2.73. The summed E-state index contributed by atoms with van der Waals surface area (Å²) < 4.78 is 5.95. The lowest BCUT2D eigenvalue weighted by Crippen LogP contribution is -2.35. The number of likely N-dealkylation sites (N-methyl/N-ethyl adjacent to an activating group) is 1. The Labute approximate surface area is 178 Å². The van der Waals surface area contributed by atoms with Gasteiger partial charge in [-0.3, -0.25) is 4.79 Å². The summed E-state index contributed by atoms with van der Waals surface area (Å²) >= 11 is 5.95. The van der Waals surface area contributed by atoms with Gasteiger partial charge in [0.25, 0.3) is 5.91 Å². The predicted molar refractivity (Wildman–Crippen MR) is 120 cm³/mol. The van der Waals surface area contributed by atoms with E-state index in [-0.39, 0.29) is 5.91 Å². The second-order valence-electron chi connectivity index (χ2n) is 7.46. The second-order valence-corrected chi connectivity index (χ2v) is 7.90. The van der Waals surface area contributed by atoms with E-state index in [1.807, 2.05) is 23.1 Å². The summed E-state index contributed by atoms with van der Waals surface area (Å²) in [4.78, 5) is 17.1. The highest BCUT2D eigenvalue weighted by atomic mass is 35.5. The molecule has 3 rings (SSSR count). The summed E-state index contributed by atoms with van der Waals surface area (Å²) in [5.41, 5.74) is 2.81. The summed E-state index contributed by atoms with van der Waals surface area (Å²) in [5.74, 6) is 0.893. The van der Waals surface area contributed by atoms with E-state index in [9.17, 15) is 4.79 Å². The zero-order valence-electron chi connectivity index (χ0n) is 17.1. The third-order valence-corrected chi connectivity index (χ3v) is 5.40. The third kappa shape index (κ3) is 5.84. The van der Waals surface area contributed by atoms with Crippen molar-refractivity contribution in [3.8, 4) is 5.75 Å². The number of fused-ring (bicyclic) bond motifs is 1. The molecule has 0 aliphatic carbocycles. The van der Waals surface area contributed by atoms with Gasteiger partial charge >= 0.3 is 0 Å². The van der Waals surface area contributed by atoms with Gasteiger partial charge in [-0.05, 0) is 87.3 Å². The van der Waals surface area contributed by atoms with Crippen molar-refractivity contribution in [2.24, 2.45) is 0 Å². The number of aryl methyl sites for hydroxylation is 1. The lowest BCUT2D eigenvalue weighted by atomic mass is 10.0. The molecule has 4 nitrogen and oxygen atoms in total. The molecule has 0 N–H and O–H groups in total. The molecule has 1 heterocycles. The predicted octanol–water partition coefficient (Wildman–Crippen LogP) is 5.21. The highest BCUT2D eigenvalue weighted by Crippen LogP contribution is 2.31. The third-order valence-electron chi connectivity index (χ3n) is 5.15. The van der Waals surface area contributed by atoms with E-state index in [1.54, 1.807) is 24.3 Å². The van der Waals surface area contributed by atoms with Gasteiger partial charge in [0.15, 0.2) is 0 Å². The molecular formula is C24H29ClN2O2. The first-order valence-corrected chi connectivity index (χ1v) is 10.6. The normalized spacial score (nSPS) is 13.3. The largest absolute Gasteiger partial charge is 0.494 e. The molecule has 0 saturated heterocycles. The van der Waals surface area contributed by atoms with Gasteiger partial charge in [-0.2, -0.15) is 0 Å². The maximum Gasteiger partial charge on any atom is 0.258 e. The molecule has 0 aromatic heterocycles. The molecule has 5 heteroatoms. The molecule has 154 valence electrons. The zero-order chi connectivity index (χ0) is 20.6. The van der Waals surface area contributed by atoms with E-state index in [2.05, 4.69) is 24.6 Å². The standard InChI is InChI=1S/C24H29ClN2O2/c1-3-14-26(2)15-4-5-17-29-22-12-13-23-20(18-22)7-6-16-27(23)24(28)19-8-10-21(25)11-9-19/h3,8-13,18H,1,4-7,14-17H2,2H3. The number of benzene rings is 2. The van der Waals surface area contributed by atoms with E-state index >= 15 is 0 Å². The van der Waals surface area contributed by atoms with E-state index in [1.165, 1.54) is 5.56 Å². The number of carbonyl (C=O) groups excluding carboxylic acids is 1. The number of nitrogens with zero attached hydrogens (tertiary/aromatic N) is 2. The van der Waals surface area contributed by atoms with Gasteiger partial charge in [-0.15, -0.1) is 6.58 Å². The number of ether oxygens (including phenoxy) is 1. The van der Waals surface area contributed by atoms with E-state index in [4.69, 9.17) is 16.3 Å². The van der Waals surface area contributed by atoms with Crippen molar-refractivity contribution in [3.05, 3.63) is 71.3 Å². The van der Waals surface area contributed by atoms with Crippen molar-refractivity contribution < 1.29 is 9.53 Å². The zero-order valence-corrected chi connectivity index (χ0v) is 17.8. The van der Waals surface area contributed by atoms with E-state index < -0.39 is 0 Å². The van der Waals surface area contributed by atoms with Gasteiger partial charge in [-0.25, -0.2) is 0 Å². The molecule has 1 aliphatic rings. The Morgan fingerprint density at radius 3 is 2.79 bits per heavy atom. The molecule has 0 atom stereocenters. The fraction of sp³-hybridized carbons (Fsp3) is 0.375. The Bertz CT molecular complexity index is 835. The Balaban J connectivity index is 1.58. The number of rotatable bonds is 9. The van der Waals surface area contributed by atoms with Crippen molar-refractivity contribution >= 4 is 23.2 Å². The number of halogens is 1. The van der Waals surface area contributed by atoms with Crippen LogP contribution < -0.4 is 9.64 Å². The van der Waals surface area contributed by atoms with Gasteiger partial charge < -0.3 is 14.5 Å². The number of hydrogen-bond acceptors (Lipinski definition) is 3. The summed E-state index contributed by atoms with van der Waals surface area (Å²) in [5, 5.41) is 0.634. The Hall–Kier alpha value is -2.30. The Morgan fingerprint density at radius 1 is 1.24 bits per heavy atom. The smallest absolute Gasteiger partial charge is 0.258 e. The summed E-state index contributed by atoms with van der Waals surface area (Å²) in [6.45, 7) is 7.15. The van der Waals surface area contributed by atoms with Gasteiger partial charge in [-0.1, -0.05) is 17.7 Å². The molecular weight excluding hydrogens is 384 g/mol. The van der Waals surface area contributed by atoms with Crippen LogP contribution in [0.3, 0.4) is 0 Å². The maximum atomic E-state index is 12.9. The molecule has 1 amide bonds. The number of carbonyl (C=O) groups is 1. The number of amides is 1. The fourth-order valence-electron chi connectivity index (χ4n) is 3.61. The minimum Gasteiger partial charge on any atom is -0.494 e. The van der Waals surface area contributed by atoms with Crippen LogP contribution in [-0.4, -0.2) is 44.1 Å². The van der Waals surface area contributed by atoms with Crippen LogP contribution in [0.4, 0.5) is 5.69 Å². The number of anilines is 1. The van der Waals surface area contributed by atoms with Gasteiger partial charge in [0.05, 0.1) is 6.61 Å². The second kappa shape index (κ2) is 10.5. The van der Waals surface area contributed by atoms with E-state index in [0.29, 0.717) is 17.2 Å². The number of unbranched alkanes of at least 4 members (excludes halogenated alkanes) is 1. The minimum atomic E-state index is 0.0138. The van der Waals surface area contributed by atoms with Crippen molar-refractivity contribution in [1.82, 2.24) is 4.90 Å². The highest BCUT2D eigenvalue weighted by Gasteiger charge is 2.24. The van der Waals surface area contributed by atoms with Crippen molar-refractivity contribution in [2.75, 3.05) is 38.2 Å². The quantitative estimate of drug-likeness (QED) is 0.418. The monoisotopic (exact) mass is 412 g/mol. The van der Waals surface area contributed by atoms with Crippen molar-refractivity contribution in [3.63, 3.8) is 0 Å². The molecule has 2 aromatic carbocycles. The molecule has 2 aromatic rings. The van der Waals surface area contributed by atoms with Crippen LogP contribution in [0.5, 0.6) is 5.75 Å². The Kier molecular flexibility index (Phi) is 7.73. The van der Waals surface area contributed by atoms with Crippen LogP contribution in [0.15, 0.2) is 55.1 Å². The van der Waals surface area contributed by atoms with Crippen LogP contribution in [0.25, 0.3) is 0 Å². The van der Waals surface area contributed by atoms with E-state index in [0.717, 1.165) is 56.8 Å². The molecule has 0 unspecified atom stereocenters. The molecule has 0 spiro atoms. The van der Waals surface area contributed by atoms with Crippen LogP contribution in [-0.2, 0) is 6.42 Å². The summed E-state index contributed by atoms with van der Waals surface area (Å²) in [7, 11) is 2.10. The van der Waals surface area contributed by atoms with Crippen LogP contribution in [0, 0.1) is 0 Å². The molecule has 0 fully saturated rings. The molecule has 0 saturated carbocycles. The first-order valence-electron chi connectivity index (χ1n) is 10.2. The van der Waals surface area contributed by atoms with Crippen LogP contribution >= 0.6 is 11.6 Å². The molecule has 29 heavy (non-hydrogen) atoms. The maximum absolute atomic E-state index is 12.9. The average molecular weight is 413 g/mol. The topological polar surface area (TPSA) is 32.8 Å². The number of hydrogen-bond donors (Lipinski definition) is 0. The molecule has 0 bridgehead atoms. The minimum absolute atomic E-state index is 0.0138. The molecule has 1 aliphatic heterocycles. The lowest BCUT2D eigenvalue weighted by molar-refractivity contribution is 0.0985. The Morgan fingerprint density at radius 2 is 2.03 bits per heavy atom. The summed E-state index contributed by atoms with van der Waals surface area (Å²) in [6, 6.07) is 13.1. The first-order chi connectivity index (χ1) is 14.1. The van der Waals surface area contributed by atoms with Crippen molar-refractivity contribution in [1.29, 1.82) is 0 Å². The van der Waals surface area contributed by atoms with Gasteiger partial charge in [0, 0.05) is 29.4 Å². The lowest BCUT2D eigenvalue weighted by Gasteiger charge is -2.30. The van der Waals surface area contributed by atoms with Gasteiger partial charge in [0.1, 0.15) is 5.75 Å².